The number of hydrogen-bond donors (Lipinski definition) is 1. The van der Waals surface area contributed by atoms with Crippen molar-refractivity contribution in [3.8, 4) is 0 Å². The van der Waals surface area contributed by atoms with Crippen molar-refractivity contribution in [1.29, 1.82) is 0 Å². The number of nitro benzene ring substituents is 1. The van der Waals surface area contributed by atoms with Crippen LogP contribution in [0.2, 0.25) is 0 Å². The average molecular weight is 567 g/mol. The maximum atomic E-state index is 14.0. The maximum Gasteiger partial charge on any atom is 0.271 e. The number of anilines is 1. The molecule has 0 aliphatic rings. The van der Waals surface area contributed by atoms with Crippen molar-refractivity contribution < 1.29 is 22.9 Å². The highest BCUT2D eigenvalue weighted by molar-refractivity contribution is 7.92. The van der Waals surface area contributed by atoms with E-state index in [9.17, 15) is 28.1 Å². The highest BCUT2D eigenvalue weighted by Gasteiger charge is 2.33. The molecular weight excluding hydrogens is 532 g/mol. The molecule has 3 aromatic carbocycles. The summed E-state index contributed by atoms with van der Waals surface area (Å²) in [6.07, 6.45) is 1.13. The van der Waals surface area contributed by atoms with Gasteiger partial charge < -0.3 is 10.2 Å². The molecule has 1 atom stereocenters. The van der Waals surface area contributed by atoms with Gasteiger partial charge in [-0.2, -0.15) is 0 Å². The fraction of sp³-hybridized carbons (Fsp3) is 0.310. The second kappa shape index (κ2) is 13.2. The van der Waals surface area contributed by atoms with Crippen LogP contribution in [-0.4, -0.2) is 54.9 Å². The number of aryl methyl sites for hydroxylation is 1. The fourth-order valence-electron chi connectivity index (χ4n) is 4.28. The number of sulfonamides is 1. The first-order valence-electron chi connectivity index (χ1n) is 12.8. The van der Waals surface area contributed by atoms with Crippen LogP contribution in [0.25, 0.3) is 0 Å². The first-order chi connectivity index (χ1) is 18.9. The minimum absolute atomic E-state index is 0.0212. The van der Waals surface area contributed by atoms with Crippen LogP contribution in [0.15, 0.2) is 78.9 Å². The Hall–Kier alpha value is -4.25. The molecule has 0 radical (unpaired) electrons. The molecule has 2 amide bonds. The number of nitrogens with one attached hydrogen (secondary N) is 1. The normalized spacial score (nSPS) is 12.0. The summed E-state index contributed by atoms with van der Waals surface area (Å²) >= 11 is 0. The van der Waals surface area contributed by atoms with E-state index in [2.05, 4.69) is 5.32 Å². The van der Waals surface area contributed by atoms with Crippen LogP contribution in [0, 0.1) is 17.0 Å². The molecule has 0 unspecified atom stereocenters. The fourth-order valence-corrected chi connectivity index (χ4v) is 5.12. The minimum Gasteiger partial charge on any atom is -0.352 e. The third-order valence-corrected chi connectivity index (χ3v) is 7.45. The van der Waals surface area contributed by atoms with E-state index in [4.69, 9.17) is 0 Å². The van der Waals surface area contributed by atoms with E-state index >= 15 is 0 Å². The van der Waals surface area contributed by atoms with Crippen LogP contribution in [0.1, 0.15) is 30.5 Å². The third kappa shape index (κ3) is 8.12. The lowest BCUT2D eigenvalue weighted by Crippen LogP contribution is -2.54. The van der Waals surface area contributed by atoms with Gasteiger partial charge in [-0.25, -0.2) is 8.42 Å². The second-order valence-corrected chi connectivity index (χ2v) is 11.8. The monoisotopic (exact) mass is 566 g/mol. The lowest BCUT2D eigenvalue weighted by atomic mass is 10.0. The summed E-state index contributed by atoms with van der Waals surface area (Å²) in [5, 5.41) is 14.2. The van der Waals surface area contributed by atoms with E-state index in [1.54, 1.807) is 0 Å². The van der Waals surface area contributed by atoms with Crippen molar-refractivity contribution in [1.82, 2.24) is 10.2 Å². The summed E-state index contributed by atoms with van der Waals surface area (Å²) in [5.74, 6) is -0.998. The molecule has 0 fully saturated rings. The Morgan fingerprint density at radius 3 is 2.23 bits per heavy atom. The van der Waals surface area contributed by atoms with E-state index < -0.39 is 33.4 Å². The van der Waals surface area contributed by atoms with Crippen LogP contribution in [0.4, 0.5) is 11.4 Å². The summed E-state index contributed by atoms with van der Waals surface area (Å²) in [5.41, 5.74) is 2.20. The first-order valence-corrected chi connectivity index (χ1v) is 14.6. The zero-order valence-corrected chi connectivity index (χ0v) is 23.8. The summed E-state index contributed by atoms with van der Waals surface area (Å²) in [7, 11) is -4.03. The molecule has 0 bridgehead atoms. The van der Waals surface area contributed by atoms with Gasteiger partial charge in [-0.1, -0.05) is 60.7 Å². The Labute approximate surface area is 234 Å². The summed E-state index contributed by atoms with van der Waals surface area (Å²) in [6, 6.07) is 20.6. The van der Waals surface area contributed by atoms with Gasteiger partial charge in [-0.3, -0.25) is 24.0 Å². The molecule has 212 valence electrons. The SMILES string of the molecule is Cc1ccccc1CN(C(=O)CN(c1cccc([N+](=O)[O-])c1)S(C)(=O)=O)[C@@H](Cc1ccccc1)C(=O)NC(C)C. The average Bonchev–Trinajstić information content (AvgIpc) is 2.89. The largest absolute Gasteiger partial charge is 0.352 e. The Kier molecular flexibility index (Phi) is 10.0. The highest BCUT2D eigenvalue weighted by Crippen LogP contribution is 2.24. The van der Waals surface area contributed by atoms with Gasteiger partial charge in [0.2, 0.25) is 21.8 Å². The Morgan fingerprint density at radius 2 is 1.62 bits per heavy atom. The quantitative estimate of drug-likeness (QED) is 0.262. The molecule has 0 spiro atoms. The molecule has 0 aromatic heterocycles. The van der Waals surface area contributed by atoms with Crippen LogP contribution in [0.3, 0.4) is 0 Å². The third-order valence-electron chi connectivity index (χ3n) is 6.31. The molecule has 0 saturated carbocycles. The van der Waals surface area contributed by atoms with E-state index in [0.29, 0.717) is 0 Å². The van der Waals surface area contributed by atoms with Crippen LogP contribution in [-0.2, 0) is 32.6 Å². The van der Waals surface area contributed by atoms with Gasteiger partial charge in [0.05, 0.1) is 16.9 Å². The number of hydrogen-bond acceptors (Lipinski definition) is 6. The van der Waals surface area contributed by atoms with Crippen LogP contribution < -0.4 is 9.62 Å². The van der Waals surface area contributed by atoms with Gasteiger partial charge in [-0.15, -0.1) is 0 Å². The Balaban J connectivity index is 2.08. The standard InChI is InChI=1S/C29H34N4O6S/c1-21(2)30-29(35)27(17-23-12-6-5-7-13-23)31(19-24-14-9-8-11-22(24)3)28(34)20-32(40(4,38)39)25-15-10-16-26(18-25)33(36)37/h5-16,18,21,27H,17,19-20H2,1-4H3,(H,30,35)/t27-/m0/s1. The zero-order chi connectivity index (χ0) is 29.4. The van der Waals surface area contributed by atoms with Crippen LogP contribution >= 0.6 is 0 Å². The molecule has 3 aromatic rings. The molecule has 11 heteroatoms. The first kappa shape index (κ1) is 30.3. The summed E-state index contributed by atoms with van der Waals surface area (Å²) < 4.78 is 26.5. The van der Waals surface area contributed by atoms with Gasteiger partial charge in [0.15, 0.2) is 0 Å². The van der Waals surface area contributed by atoms with Crippen molar-refractivity contribution in [2.45, 2.75) is 45.8 Å². The van der Waals surface area contributed by atoms with Crippen LogP contribution in [0.5, 0.6) is 0 Å². The van der Waals surface area contributed by atoms with Crippen molar-refractivity contribution in [3.63, 3.8) is 0 Å². The number of amides is 2. The molecule has 0 saturated heterocycles. The van der Waals surface area contributed by atoms with Gasteiger partial charge >= 0.3 is 0 Å². The summed E-state index contributed by atoms with van der Waals surface area (Å²) in [6.45, 7) is 4.94. The molecule has 0 aliphatic heterocycles. The van der Waals surface area contributed by atoms with Gasteiger partial charge in [0.25, 0.3) is 5.69 Å². The lowest BCUT2D eigenvalue weighted by molar-refractivity contribution is -0.384. The predicted molar refractivity (Wildman–Crippen MR) is 154 cm³/mol. The molecule has 40 heavy (non-hydrogen) atoms. The predicted octanol–water partition coefficient (Wildman–Crippen LogP) is 3.83. The molecule has 0 heterocycles. The van der Waals surface area contributed by atoms with Crippen molar-refractivity contribution in [3.05, 3.63) is 106 Å². The number of benzene rings is 3. The molecule has 0 aliphatic carbocycles. The number of carbonyl (C=O) groups is 2. The maximum absolute atomic E-state index is 14.0. The molecule has 1 N–H and O–H groups in total. The van der Waals surface area contributed by atoms with E-state index in [0.717, 1.165) is 33.3 Å². The number of nitro groups is 1. The number of nitrogens with zero attached hydrogens (tertiary/aromatic N) is 3. The van der Waals surface area contributed by atoms with Gasteiger partial charge in [0.1, 0.15) is 12.6 Å². The van der Waals surface area contributed by atoms with Gasteiger partial charge in [0, 0.05) is 31.1 Å². The summed E-state index contributed by atoms with van der Waals surface area (Å²) in [4.78, 5) is 39.7. The number of non-ortho nitro benzene ring substituents is 1. The molecule has 10 nitrogen and oxygen atoms in total. The topological polar surface area (TPSA) is 130 Å². The molecule has 3 rings (SSSR count). The highest BCUT2D eigenvalue weighted by atomic mass is 32.2. The van der Waals surface area contributed by atoms with E-state index in [-0.39, 0.29) is 36.3 Å². The zero-order valence-electron chi connectivity index (χ0n) is 23.0. The van der Waals surface area contributed by atoms with E-state index in [1.807, 2.05) is 75.4 Å². The molecular formula is C29H34N4O6S. The lowest BCUT2D eigenvalue weighted by Gasteiger charge is -2.34. The smallest absolute Gasteiger partial charge is 0.271 e. The number of carbonyl (C=O) groups excluding carboxylic acids is 2. The Bertz CT molecular complexity index is 1460. The van der Waals surface area contributed by atoms with E-state index in [1.165, 1.54) is 23.1 Å². The van der Waals surface area contributed by atoms with Crippen molar-refractivity contribution in [2.24, 2.45) is 0 Å². The van der Waals surface area contributed by atoms with Crippen molar-refractivity contribution in [2.75, 3.05) is 17.1 Å². The Morgan fingerprint density at radius 1 is 0.975 bits per heavy atom. The van der Waals surface area contributed by atoms with Crippen molar-refractivity contribution >= 4 is 33.2 Å². The van der Waals surface area contributed by atoms with Gasteiger partial charge in [-0.05, 0) is 43.5 Å². The second-order valence-electron chi connectivity index (χ2n) is 9.86. The number of rotatable bonds is 12. The minimum atomic E-state index is -4.03.